The zero-order valence-electron chi connectivity index (χ0n) is 14.5. The molecule has 1 aromatic carbocycles. The molecule has 25 heavy (non-hydrogen) atoms. The van der Waals surface area contributed by atoms with Crippen molar-refractivity contribution in [3.63, 3.8) is 0 Å². The van der Waals surface area contributed by atoms with Crippen LogP contribution < -0.4 is 9.64 Å². The van der Waals surface area contributed by atoms with Gasteiger partial charge in [0.05, 0.1) is 12.5 Å². The molecule has 0 radical (unpaired) electrons. The highest BCUT2D eigenvalue weighted by Crippen LogP contribution is 2.38. The fourth-order valence-corrected chi connectivity index (χ4v) is 4.38. The molecule has 3 aromatic rings. The lowest BCUT2D eigenvalue weighted by molar-refractivity contribution is 0.286. The van der Waals surface area contributed by atoms with E-state index in [-0.39, 0.29) is 0 Å². The summed E-state index contributed by atoms with van der Waals surface area (Å²) in [4.78, 5) is 15.5. The van der Waals surface area contributed by atoms with Crippen LogP contribution in [-0.2, 0) is 0 Å². The SMILES string of the molecule is COc1ccc(SC[C@H]2C[C@@H](N(C)c3ncnc4[nH]ccc34)C2)cc1. The summed E-state index contributed by atoms with van der Waals surface area (Å²) in [6.07, 6.45) is 6.00. The van der Waals surface area contributed by atoms with E-state index in [0.29, 0.717) is 6.04 Å². The van der Waals surface area contributed by atoms with Crippen LogP contribution >= 0.6 is 11.8 Å². The largest absolute Gasteiger partial charge is 0.497 e. The van der Waals surface area contributed by atoms with Gasteiger partial charge in [0, 0.05) is 29.9 Å². The van der Waals surface area contributed by atoms with E-state index < -0.39 is 0 Å². The molecular formula is C19H22N4OS. The normalized spacial score (nSPS) is 19.6. The summed E-state index contributed by atoms with van der Waals surface area (Å²) in [5.41, 5.74) is 0.905. The van der Waals surface area contributed by atoms with E-state index in [2.05, 4.69) is 45.1 Å². The number of hydrogen-bond acceptors (Lipinski definition) is 5. The molecule has 5 nitrogen and oxygen atoms in total. The van der Waals surface area contributed by atoms with Crippen molar-refractivity contribution in [2.24, 2.45) is 5.92 Å². The second-order valence-corrected chi connectivity index (χ2v) is 7.62. The van der Waals surface area contributed by atoms with Gasteiger partial charge < -0.3 is 14.6 Å². The number of H-pyrrole nitrogens is 1. The van der Waals surface area contributed by atoms with Crippen molar-refractivity contribution in [3.05, 3.63) is 42.9 Å². The van der Waals surface area contributed by atoms with Crippen LogP contribution in [0, 0.1) is 5.92 Å². The Labute approximate surface area is 151 Å². The van der Waals surface area contributed by atoms with Crippen LogP contribution in [0.3, 0.4) is 0 Å². The molecule has 1 fully saturated rings. The quantitative estimate of drug-likeness (QED) is 0.679. The van der Waals surface area contributed by atoms with Gasteiger partial charge in [0.2, 0.25) is 0 Å². The third kappa shape index (κ3) is 3.31. The van der Waals surface area contributed by atoms with Crippen LogP contribution in [0.2, 0.25) is 0 Å². The van der Waals surface area contributed by atoms with Crippen LogP contribution in [0.25, 0.3) is 11.0 Å². The highest BCUT2D eigenvalue weighted by atomic mass is 32.2. The summed E-state index contributed by atoms with van der Waals surface area (Å²) in [5, 5.41) is 1.10. The van der Waals surface area contributed by atoms with E-state index in [1.807, 2.05) is 30.1 Å². The summed E-state index contributed by atoms with van der Waals surface area (Å²) < 4.78 is 5.21. The topological polar surface area (TPSA) is 54.0 Å². The Morgan fingerprint density at radius 2 is 2.00 bits per heavy atom. The molecule has 130 valence electrons. The summed E-state index contributed by atoms with van der Waals surface area (Å²) in [6.45, 7) is 0. The Kier molecular flexibility index (Phi) is 4.53. The molecule has 4 rings (SSSR count). The maximum absolute atomic E-state index is 5.21. The molecule has 0 saturated heterocycles. The number of anilines is 1. The van der Waals surface area contributed by atoms with Gasteiger partial charge in [-0.05, 0) is 49.1 Å². The van der Waals surface area contributed by atoms with Crippen LogP contribution in [-0.4, -0.2) is 40.9 Å². The molecule has 2 heterocycles. The number of thioether (sulfide) groups is 1. The Hall–Kier alpha value is -2.21. The minimum absolute atomic E-state index is 0.564. The van der Waals surface area contributed by atoms with Crippen molar-refractivity contribution in [1.82, 2.24) is 15.0 Å². The second kappa shape index (κ2) is 6.96. The second-order valence-electron chi connectivity index (χ2n) is 6.53. The molecule has 1 aliphatic rings. The number of benzene rings is 1. The van der Waals surface area contributed by atoms with Crippen molar-refractivity contribution in [1.29, 1.82) is 0 Å². The lowest BCUT2D eigenvalue weighted by atomic mass is 9.81. The van der Waals surface area contributed by atoms with E-state index in [9.17, 15) is 0 Å². The van der Waals surface area contributed by atoms with Gasteiger partial charge in [-0.25, -0.2) is 9.97 Å². The zero-order valence-corrected chi connectivity index (χ0v) is 15.3. The van der Waals surface area contributed by atoms with Gasteiger partial charge in [0.1, 0.15) is 23.5 Å². The van der Waals surface area contributed by atoms with Crippen molar-refractivity contribution in [2.75, 3.05) is 24.8 Å². The van der Waals surface area contributed by atoms with Crippen LogP contribution in [0.15, 0.2) is 47.8 Å². The van der Waals surface area contributed by atoms with Gasteiger partial charge in [0.15, 0.2) is 0 Å². The molecule has 0 bridgehead atoms. The summed E-state index contributed by atoms with van der Waals surface area (Å²) >= 11 is 1.93. The average molecular weight is 354 g/mol. The van der Waals surface area contributed by atoms with Crippen molar-refractivity contribution >= 4 is 28.6 Å². The third-order valence-corrected chi connectivity index (χ3v) is 6.21. The number of rotatable bonds is 6. The van der Waals surface area contributed by atoms with Gasteiger partial charge in [-0.15, -0.1) is 11.8 Å². The monoisotopic (exact) mass is 354 g/mol. The molecule has 1 N–H and O–H groups in total. The Bertz CT molecular complexity index is 842. The number of ether oxygens (including phenoxy) is 1. The number of hydrogen-bond donors (Lipinski definition) is 1. The lowest BCUT2D eigenvalue weighted by Gasteiger charge is -2.41. The van der Waals surface area contributed by atoms with Gasteiger partial charge in [-0.1, -0.05) is 0 Å². The minimum Gasteiger partial charge on any atom is -0.497 e. The Morgan fingerprint density at radius 3 is 2.76 bits per heavy atom. The molecule has 1 aliphatic carbocycles. The number of fused-ring (bicyclic) bond motifs is 1. The van der Waals surface area contributed by atoms with Crippen LogP contribution in [0.4, 0.5) is 5.82 Å². The van der Waals surface area contributed by atoms with E-state index in [1.54, 1.807) is 13.4 Å². The molecule has 0 atom stereocenters. The summed E-state index contributed by atoms with van der Waals surface area (Å²) in [6, 6.07) is 10.9. The van der Waals surface area contributed by atoms with Gasteiger partial charge in [0.25, 0.3) is 0 Å². The predicted molar refractivity (Wildman–Crippen MR) is 103 cm³/mol. The first-order valence-corrected chi connectivity index (χ1v) is 9.51. The Balaban J connectivity index is 1.31. The molecule has 0 spiro atoms. The van der Waals surface area contributed by atoms with Crippen LogP contribution in [0.1, 0.15) is 12.8 Å². The number of nitrogens with one attached hydrogen (secondary N) is 1. The van der Waals surface area contributed by atoms with Crippen molar-refractivity contribution in [3.8, 4) is 5.75 Å². The van der Waals surface area contributed by atoms with E-state index in [4.69, 9.17) is 4.74 Å². The average Bonchev–Trinajstić information content (AvgIpc) is 3.09. The minimum atomic E-state index is 0.564. The molecule has 6 heteroatoms. The first-order valence-electron chi connectivity index (χ1n) is 8.52. The third-order valence-electron chi connectivity index (χ3n) is 4.97. The molecular weight excluding hydrogens is 332 g/mol. The fraction of sp³-hybridized carbons (Fsp3) is 0.368. The molecule has 0 amide bonds. The number of methoxy groups -OCH3 is 1. The van der Waals surface area contributed by atoms with Gasteiger partial charge in [-0.2, -0.15) is 0 Å². The van der Waals surface area contributed by atoms with Crippen molar-refractivity contribution in [2.45, 2.75) is 23.8 Å². The highest BCUT2D eigenvalue weighted by molar-refractivity contribution is 7.99. The fourth-order valence-electron chi connectivity index (χ4n) is 3.35. The molecule has 0 unspecified atom stereocenters. The standard InChI is InChI=1S/C19H22N4OS/c1-23(19-17-7-8-20-18(17)21-12-22-19)14-9-13(10-14)11-25-16-5-3-15(24-2)4-6-16/h3-8,12-14H,9-11H2,1-2H3,(H,20,21,22)/t13-,14+. The predicted octanol–water partition coefficient (Wildman–Crippen LogP) is 3.97. The van der Waals surface area contributed by atoms with Gasteiger partial charge >= 0.3 is 0 Å². The first-order chi connectivity index (χ1) is 12.2. The van der Waals surface area contributed by atoms with E-state index in [1.165, 1.54) is 23.5 Å². The summed E-state index contributed by atoms with van der Waals surface area (Å²) in [7, 11) is 3.85. The number of aromatic amines is 1. The van der Waals surface area contributed by atoms with Crippen molar-refractivity contribution < 1.29 is 4.74 Å². The maximum Gasteiger partial charge on any atom is 0.142 e. The maximum atomic E-state index is 5.21. The lowest BCUT2D eigenvalue weighted by Crippen LogP contribution is -2.43. The Morgan fingerprint density at radius 1 is 1.20 bits per heavy atom. The van der Waals surface area contributed by atoms with Gasteiger partial charge in [-0.3, -0.25) is 0 Å². The molecule has 0 aliphatic heterocycles. The smallest absolute Gasteiger partial charge is 0.142 e. The molecule has 2 aromatic heterocycles. The van der Waals surface area contributed by atoms with E-state index >= 15 is 0 Å². The first kappa shape index (κ1) is 16.3. The van der Waals surface area contributed by atoms with E-state index in [0.717, 1.165) is 28.5 Å². The van der Waals surface area contributed by atoms with Crippen LogP contribution in [0.5, 0.6) is 5.75 Å². The number of aromatic nitrogens is 3. The zero-order chi connectivity index (χ0) is 17.2. The number of nitrogens with zero attached hydrogens (tertiary/aromatic N) is 3. The molecule has 1 saturated carbocycles. The summed E-state index contributed by atoms with van der Waals surface area (Å²) in [5.74, 6) is 3.87. The highest BCUT2D eigenvalue weighted by Gasteiger charge is 2.33.